The van der Waals surface area contributed by atoms with Crippen LogP contribution in [0.25, 0.3) is 11.1 Å². The zero-order valence-corrected chi connectivity index (χ0v) is 13.1. The maximum Gasteiger partial charge on any atom is 0.416 e. The van der Waals surface area contributed by atoms with Crippen LogP contribution in [0.3, 0.4) is 0 Å². The molecule has 0 fully saturated rings. The van der Waals surface area contributed by atoms with Crippen LogP contribution in [-0.2, 0) is 17.5 Å². The predicted octanol–water partition coefficient (Wildman–Crippen LogP) is 4.11. The van der Waals surface area contributed by atoms with Crippen molar-refractivity contribution in [3.63, 3.8) is 0 Å². The standard InChI is InChI=1S/C18H16F3NO2/c1-12(23)22-8-9-24-17-7-4-14(10-15(17)11-22)13-2-5-16(6-3-13)18(19,20)21/h2-7,10H,8-9,11H2,1H3. The van der Waals surface area contributed by atoms with Gasteiger partial charge in [-0.1, -0.05) is 18.2 Å². The second kappa shape index (κ2) is 6.19. The zero-order chi connectivity index (χ0) is 17.3. The van der Waals surface area contributed by atoms with E-state index < -0.39 is 11.7 Å². The van der Waals surface area contributed by atoms with Crippen LogP contribution in [0, 0.1) is 0 Å². The molecule has 0 saturated heterocycles. The van der Waals surface area contributed by atoms with Gasteiger partial charge >= 0.3 is 6.18 Å². The van der Waals surface area contributed by atoms with Crippen LogP contribution in [0.15, 0.2) is 42.5 Å². The van der Waals surface area contributed by atoms with Gasteiger partial charge in [-0.2, -0.15) is 13.2 Å². The van der Waals surface area contributed by atoms with Gasteiger partial charge in [0, 0.05) is 19.0 Å². The van der Waals surface area contributed by atoms with Gasteiger partial charge < -0.3 is 9.64 Å². The molecule has 24 heavy (non-hydrogen) atoms. The molecule has 2 aromatic carbocycles. The molecule has 3 rings (SSSR count). The lowest BCUT2D eigenvalue weighted by molar-refractivity contribution is -0.137. The topological polar surface area (TPSA) is 29.5 Å². The average Bonchev–Trinajstić information content (AvgIpc) is 2.76. The van der Waals surface area contributed by atoms with E-state index in [0.29, 0.717) is 31.0 Å². The maximum absolute atomic E-state index is 12.7. The highest BCUT2D eigenvalue weighted by Gasteiger charge is 2.30. The lowest BCUT2D eigenvalue weighted by Crippen LogP contribution is -2.30. The van der Waals surface area contributed by atoms with Gasteiger partial charge in [-0.05, 0) is 35.4 Å². The summed E-state index contributed by atoms with van der Waals surface area (Å²) >= 11 is 0. The molecule has 126 valence electrons. The summed E-state index contributed by atoms with van der Waals surface area (Å²) in [5.74, 6) is 0.667. The first-order valence-corrected chi connectivity index (χ1v) is 7.53. The van der Waals surface area contributed by atoms with Gasteiger partial charge in [0.05, 0.1) is 12.1 Å². The number of alkyl halides is 3. The largest absolute Gasteiger partial charge is 0.491 e. The fourth-order valence-electron chi connectivity index (χ4n) is 2.69. The molecule has 1 heterocycles. The fraction of sp³-hybridized carbons (Fsp3) is 0.278. The smallest absolute Gasteiger partial charge is 0.416 e. The molecule has 1 aliphatic heterocycles. The van der Waals surface area contributed by atoms with E-state index in [-0.39, 0.29) is 5.91 Å². The minimum atomic E-state index is -4.35. The third kappa shape index (κ3) is 3.37. The molecule has 2 aromatic rings. The molecule has 0 radical (unpaired) electrons. The summed E-state index contributed by atoms with van der Waals surface area (Å²) in [6.07, 6.45) is -4.35. The number of amides is 1. The van der Waals surface area contributed by atoms with E-state index in [1.165, 1.54) is 19.1 Å². The summed E-state index contributed by atoms with van der Waals surface area (Å²) in [7, 11) is 0. The first-order chi connectivity index (χ1) is 11.3. The Hall–Kier alpha value is -2.50. The van der Waals surface area contributed by atoms with E-state index in [1.54, 1.807) is 11.0 Å². The number of halogens is 3. The van der Waals surface area contributed by atoms with Crippen molar-refractivity contribution in [2.24, 2.45) is 0 Å². The number of benzene rings is 2. The summed E-state index contributed by atoms with van der Waals surface area (Å²) in [4.78, 5) is 13.3. The molecule has 0 saturated carbocycles. The Kier molecular flexibility index (Phi) is 4.22. The summed E-state index contributed by atoms with van der Waals surface area (Å²) in [5.41, 5.74) is 1.65. The summed E-state index contributed by atoms with van der Waals surface area (Å²) < 4.78 is 43.6. The van der Waals surface area contributed by atoms with E-state index in [0.717, 1.165) is 23.3 Å². The van der Waals surface area contributed by atoms with Crippen molar-refractivity contribution in [2.45, 2.75) is 19.6 Å². The van der Waals surface area contributed by atoms with Gasteiger partial charge in [0.25, 0.3) is 0 Å². The molecular weight excluding hydrogens is 319 g/mol. The Bertz CT molecular complexity index is 754. The number of ether oxygens (including phenoxy) is 1. The van der Waals surface area contributed by atoms with Crippen LogP contribution in [0.4, 0.5) is 13.2 Å². The highest BCUT2D eigenvalue weighted by Crippen LogP contribution is 2.33. The van der Waals surface area contributed by atoms with Crippen LogP contribution in [0.1, 0.15) is 18.1 Å². The Morgan fingerprint density at radius 3 is 2.38 bits per heavy atom. The molecule has 0 aromatic heterocycles. The zero-order valence-electron chi connectivity index (χ0n) is 13.1. The Morgan fingerprint density at radius 2 is 1.75 bits per heavy atom. The van der Waals surface area contributed by atoms with Gasteiger partial charge in [-0.25, -0.2) is 0 Å². The molecule has 0 N–H and O–H groups in total. The number of rotatable bonds is 1. The van der Waals surface area contributed by atoms with Crippen molar-refractivity contribution in [1.82, 2.24) is 4.90 Å². The lowest BCUT2D eigenvalue weighted by atomic mass is 10.0. The van der Waals surface area contributed by atoms with Crippen molar-refractivity contribution < 1.29 is 22.7 Å². The van der Waals surface area contributed by atoms with Crippen LogP contribution in [-0.4, -0.2) is 24.0 Å². The van der Waals surface area contributed by atoms with Gasteiger partial charge in [0.1, 0.15) is 12.4 Å². The van der Waals surface area contributed by atoms with Crippen LogP contribution >= 0.6 is 0 Å². The van der Waals surface area contributed by atoms with E-state index >= 15 is 0 Å². The highest BCUT2D eigenvalue weighted by molar-refractivity contribution is 5.74. The normalized spacial score (nSPS) is 14.6. The first-order valence-electron chi connectivity index (χ1n) is 7.53. The third-order valence-corrected chi connectivity index (χ3v) is 4.03. The first kappa shape index (κ1) is 16.4. The number of hydrogen-bond acceptors (Lipinski definition) is 2. The second-order valence-corrected chi connectivity index (χ2v) is 5.69. The highest BCUT2D eigenvalue weighted by atomic mass is 19.4. The minimum absolute atomic E-state index is 0.0358. The molecule has 1 aliphatic rings. The van der Waals surface area contributed by atoms with Crippen LogP contribution in [0.5, 0.6) is 5.75 Å². The molecule has 0 aliphatic carbocycles. The van der Waals surface area contributed by atoms with E-state index in [9.17, 15) is 18.0 Å². The Balaban J connectivity index is 1.92. The number of fused-ring (bicyclic) bond motifs is 1. The van der Waals surface area contributed by atoms with E-state index in [4.69, 9.17) is 4.74 Å². The average molecular weight is 335 g/mol. The molecule has 6 heteroatoms. The molecule has 0 bridgehead atoms. The summed E-state index contributed by atoms with van der Waals surface area (Å²) in [6, 6.07) is 10.5. The van der Waals surface area contributed by atoms with Crippen molar-refractivity contribution in [1.29, 1.82) is 0 Å². The molecule has 3 nitrogen and oxygen atoms in total. The molecule has 1 amide bonds. The van der Waals surface area contributed by atoms with E-state index in [1.807, 2.05) is 12.1 Å². The quantitative estimate of drug-likeness (QED) is 0.785. The van der Waals surface area contributed by atoms with Crippen molar-refractivity contribution in [2.75, 3.05) is 13.2 Å². The fourth-order valence-corrected chi connectivity index (χ4v) is 2.69. The maximum atomic E-state index is 12.7. The second-order valence-electron chi connectivity index (χ2n) is 5.69. The van der Waals surface area contributed by atoms with Crippen molar-refractivity contribution >= 4 is 5.91 Å². The number of hydrogen-bond donors (Lipinski definition) is 0. The van der Waals surface area contributed by atoms with Gasteiger partial charge in [-0.3, -0.25) is 4.79 Å². The molecular formula is C18H16F3NO2. The number of nitrogens with zero attached hydrogens (tertiary/aromatic N) is 1. The van der Waals surface area contributed by atoms with Gasteiger partial charge in [0.15, 0.2) is 0 Å². The summed E-state index contributed by atoms with van der Waals surface area (Å²) in [6.45, 7) is 2.87. The lowest BCUT2D eigenvalue weighted by Gasteiger charge is -2.17. The molecule has 0 atom stereocenters. The number of carbonyl (C=O) groups excluding carboxylic acids is 1. The SMILES string of the molecule is CC(=O)N1CCOc2ccc(-c3ccc(C(F)(F)F)cc3)cc2C1. The van der Waals surface area contributed by atoms with Gasteiger partial charge in [-0.15, -0.1) is 0 Å². The Labute approximate surface area is 137 Å². The molecule has 0 spiro atoms. The predicted molar refractivity (Wildman–Crippen MR) is 83.5 cm³/mol. The monoisotopic (exact) mass is 335 g/mol. The van der Waals surface area contributed by atoms with Gasteiger partial charge in [0.2, 0.25) is 5.91 Å². The Morgan fingerprint density at radius 1 is 1.08 bits per heavy atom. The van der Waals surface area contributed by atoms with Crippen molar-refractivity contribution in [3.05, 3.63) is 53.6 Å². The van der Waals surface area contributed by atoms with Crippen LogP contribution < -0.4 is 4.74 Å². The number of carbonyl (C=O) groups is 1. The molecule has 0 unspecified atom stereocenters. The minimum Gasteiger partial charge on any atom is -0.491 e. The van der Waals surface area contributed by atoms with Crippen LogP contribution in [0.2, 0.25) is 0 Å². The van der Waals surface area contributed by atoms with E-state index in [2.05, 4.69) is 0 Å². The third-order valence-electron chi connectivity index (χ3n) is 4.03. The summed E-state index contributed by atoms with van der Waals surface area (Å²) in [5, 5.41) is 0. The van der Waals surface area contributed by atoms with Crippen molar-refractivity contribution in [3.8, 4) is 16.9 Å².